The third-order valence-electron chi connectivity index (χ3n) is 3.60. The second-order valence-electron chi connectivity index (χ2n) is 5.04. The Balaban J connectivity index is 1.78. The van der Waals surface area contributed by atoms with E-state index in [0.29, 0.717) is 0 Å². The van der Waals surface area contributed by atoms with Crippen molar-refractivity contribution >= 4 is 0 Å². The van der Waals surface area contributed by atoms with E-state index < -0.39 is 0 Å². The van der Waals surface area contributed by atoms with Gasteiger partial charge in [0.25, 0.3) is 0 Å². The minimum absolute atomic E-state index is 0.794. The molecular weight excluding hydrogens is 212 g/mol. The van der Waals surface area contributed by atoms with Crippen LogP contribution < -0.4 is 0 Å². The minimum Gasteiger partial charge on any atom is -0.270 e. The van der Waals surface area contributed by atoms with Gasteiger partial charge in [0, 0.05) is 6.54 Å². The third kappa shape index (κ3) is 2.30. The van der Waals surface area contributed by atoms with Gasteiger partial charge in [-0.3, -0.25) is 4.68 Å². The van der Waals surface area contributed by atoms with Crippen molar-refractivity contribution in [3.63, 3.8) is 0 Å². The van der Waals surface area contributed by atoms with Gasteiger partial charge in [-0.2, -0.15) is 5.10 Å². The first-order chi connectivity index (χ1) is 8.31. The Morgan fingerprint density at radius 3 is 2.76 bits per heavy atom. The lowest BCUT2D eigenvalue weighted by atomic mass is 9.89. The predicted octanol–water partition coefficient (Wildman–Crippen LogP) is 2.67. The second-order valence-corrected chi connectivity index (χ2v) is 5.04. The summed E-state index contributed by atoms with van der Waals surface area (Å²) in [5.41, 5.74) is 1.87. The van der Waals surface area contributed by atoms with E-state index in [9.17, 15) is 0 Å². The molecule has 3 rings (SSSR count). The molecule has 17 heavy (non-hydrogen) atoms. The molecule has 0 unspecified atom stereocenters. The van der Waals surface area contributed by atoms with Crippen molar-refractivity contribution in [3.8, 4) is 11.4 Å². The van der Waals surface area contributed by atoms with Crippen LogP contribution in [0.2, 0.25) is 0 Å². The molecule has 3 aliphatic rings. The highest BCUT2D eigenvalue weighted by atomic mass is 15.3. The lowest BCUT2D eigenvalue weighted by Crippen LogP contribution is -2.16. The summed E-state index contributed by atoms with van der Waals surface area (Å²) in [5.74, 6) is 1.62. The molecule has 0 aromatic heterocycles. The monoisotopic (exact) mass is 230 g/mol. The molecule has 90 valence electrons. The average molecular weight is 230 g/mol. The predicted molar refractivity (Wildman–Crippen MR) is 65.8 cm³/mol. The molecular formula is C13H18N4. The fourth-order valence-electron chi connectivity index (χ4n) is 2.72. The standard InChI is InChI=1S/C13H18N4/c1-10-15-12-7-14-17(9-13(12)16-10)8-11-5-3-2-4-6-11/h7,9,11H,2-6,8H2,1H3. The lowest BCUT2D eigenvalue weighted by molar-refractivity contribution is 0.306. The molecule has 4 heteroatoms. The first kappa shape index (κ1) is 10.7. The largest absolute Gasteiger partial charge is 0.270 e. The summed E-state index contributed by atoms with van der Waals surface area (Å²) in [6.45, 7) is 2.95. The van der Waals surface area contributed by atoms with E-state index in [1.807, 2.05) is 24.0 Å². The lowest BCUT2D eigenvalue weighted by Gasteiger charge is -2.22. The van der Waals surface area contributed by atoms with Gasteiger partial charge < -0.3 is 0 Å². The molecule has 0 atom stereocenters. The van der Waals surface area contributed by atoms with E-state index in [4.69, 9.17) is 0 Å². The zero-order valence-electron chi connectivity index (χ0n) is 10.3. The molecule has 0 saturated heterocycles. The molecule has 0 bridgehead atoms. The molecule has 0 spiro atoms. The zero-order chi connectivity index (χ0) is 11.7. The van der Waals surface area contributed by atoms with E-state index in [0.717, 1.165) is 29.7 Å². The smallest absolute Gasteiger partial charge is 0.126 e. The Morgan fingerprint density at radius 1 is 1.18 bits per heavy atom. The van der Waals surface area contributed by atoms with Gasteiger partial charge in [-0.05, 0) is 25.7 Å². The van der Waals surface area contributed by atoms with Crippen LogP contribution in [0.15, 0.2) is 12.4 Å². The number of rotatable bonds is 2. The minimum atomic E-state index is 0.794. The average Bonchev–Trinajstić information content (AvgIpc) is 2.70. The van der Waals surface area contributed by atoms with Crippen LogP contribution in [0.1, 0.15) is 37.9 Å². The summed E-state index contributed by atoms with van der Waals surface area (Å²) in [4.78, 5) is 8.71. The first-order valence-corrected chi connectivity index (χ1v) is 6.48. The van der Waals surface area contributed by atoms with Crippen LogP contribution in [0.25, 0.3) is 11.4 Å². The molecule has 0 aromatic carbocycles. The maximum absolute atomic E-state index is 4.43. The highest BCUT2D eigenvalue weighted by molar-refractivity contribution is 5.53. The van der Waals surface area contributed by atoms with E-state index in [1.54, 1.807) is 0 Å². The summed E-state index contributed by atoms with van der Waals surface area (Å²) >= 11 is 0. The number of hydrogen-bond acceptors (Lipinski definition) is 3. The van der Waals surface area contributed by atoms with Crippen LogP contribution in [0, 0.1) is 12.8 Å². The third-order valence-corrected chi connectivity index (χ3v) is 3.60. The Hall–Kier alpha value is -1.45. The summed E-state index contributed by atoms with van der Waals surface area (Å²) in [5, 5.41) is 4.43. The molecule has 1 saturated carbocycles. The van der Waals surface area contributed by atoms with Crippen molar-refractivity contribution in [1.29, 1.82) is 0 Å². The van der Waals surface area contributed by atoms with Crippen LogP contribution >= 0.6 is 0 Å². The molecule has 2 heterocycles. The molecule has 4 nitrogen and oxygen atoms in total. The SMILES string of the molecule is Cc1nc2cnn(CC3CCCCC3)cc-2n1. The summed E-state index contributed by atoms with van der Waals surface area (Å²) in [6.07, 6.45) is 10.7. The van der Waals surface area contributed by atoms with E-state index in [2.05, 4.69) is 15.1 Å². The fourth-order valence-corrected chi connectivity index (χ4v) is 2.72. The van der Waals surface area contributed by atoms with Gasteiger partial charge in [-0.1, -0.05) is 19.3 Å². The molecule has 0 aromatic rings. The highest BCUT2D eigenvalue weighted by Crippen LogP contribution is 2.25. The summed E-state index contributed by atoms with van der Waals surface area (Å²) in [7, 11) is 0. The van der Waals surface area contributed by atoms with Gasteiger partial charge in [-0.15, -0.1) is 0 Å². The Kier molecular flexibility index (Phi) is 2.79. The Morgan fingerprint density at radius 2 is 1.94 bits per heavy atom. The van der Waals surface area contributed by atoms with Crippen molar-refractivity contribution in [3.05, 3.63) is 18.2 Å². The molecule has 1 fully saturated rings. The topological polar surface area (TPSA) is 43.6 Å². The molecule has 0 N–H and O–H groups in total. The van der Waals surface area contributed by atoms with Crippen LogP contribution in [-0.2, 0) is 6.54 Å². The highest BCUT2D eigenvalue weighted by Gasteiger charge is 2.15. The fraction of sp³-hybridized carbons (Fsp3) is 0.615. The summed E-state index contributed by atoms with van der Waals surface area (Å²) < 4.78 is 2.03. The van der Waals surface area contributed by atoms with E-state index >= 15 is 0 Å². The molecule has 0 radical (unpaired) electrons. The quantitative estimate of drug-likeness (QED) is 0.796. The van der Waals surface area contributed by atoms with E-state index in [1.165, 1.54) is 32.1 Å². The van der Waals surface area contributed by atoms with E-state index in [-0.39, 0.29) is 0 Å². The molecule has 0 amide bonds. The number of fused-ring (bicyclic) bond motifs is 1. The van der Waals surface area contributed by atoms with Gasteiger partial charge in [-0.25, -0.2) is 9.97 Å². The summed E-state index contributed by atoms with van der Waals surface area (Å²) in [6, 6.07) is 0. The number of hydrogen-bond donors (Lipinski definition) is 0. The van der Waals surface area contributed by atoms with Crippen molar-refractivity contribution in [2.45, 2.75) is 45.6 Å². The van der Waals surface area contributed by atoms with Crippen molar-refractivity contribution in [2.75, 3.05) is 0 Å². The normalized spacial score (nSPS) is 17.7. The van der Waals surface area contributed by atoms with Gasteiger partial charge in [0.15, 0.2) is 0 Å². The van der Waals surface area contributed by atoms with Gasteiger partial charge in [0.1, 0.15) is 17.2 Å². The number of aryl methyl sites for hydroxylation is 1. The molecule has 1 aliphatic carbocycles. The van der Waals surface area contributed by atoms with Crippen molar-refractivity contribution < 1.29 is 0 Å². The van der Waals surface area contributed by atoms with Crippen LogP contribution in [0.4, 0.5) is 0 Å². The van der Waals surface area contributed by atoms with Crippen LogP contribution in [-0.4, -0.2) is 19.7 Å². The maximum Gasteiger partial charge on any atom is 0.126 e. The number of nitrogens with zero attached hydrogens (tertiary/aromatic N) is 4. The Bertz CT molecular complexity index is 471. The van der Waals surface area contributed by atoms with Gasteiger partial charge >= 0.3 is 0 Å². The van der Waals surface area contributed by atoms with Gasteiger partial charge in [0.2, 0.25) is 0 Å². The number of aromatic nitrogens is 4. The van der Waals surface area contributed by atoms with Crippen molar-refractivity contribution in [2.24, 2.45) is 5.92 Å². The van der Waals surface area contributed by atoms with Crippen LogP contribution in [0.3, 0.4) is 0 Å². The van der Waals surface area contributed by atoms with Gasteiger partial charge in [0.05, 0.1) is 12.4 Å². The van der Waals surface area contributed by atoms with Crippen molar-refractivity contribution in [1.82, 2.24) is 19.7 Å². The maximum atomic E-state index is 4.43. The zero-order valence-corrected chi connectivity index (χ0v) is 10.3. The first-order valence-electron chi connectivity index (χ1n) is 6.48. The Labute approximate surface area is 101 Å². The number of imidazole rings is 1. The molecule has 2 aliphatic heterocycles. The van der Waals surface area contributed by atoms with Crippen LogP contribution in [0.5, 0.6) is 0 Å². The second kappa shape index (κ2) is 4.43.